The number of nitrogens with two attached hydrogens (primary N) is 1. The molecule has 3 nitrogen and oxygen atoms in total. The van der Waals surface area contributed by atoms with E-state index in [0.29, 0.717) is 0 Å². The number of pyridine rings is 1. The molecule has 2 aromatic heterocycles. The maximum Gasteiger partial charge on any atom is 0.137 e. The van der Waals surface area contributed by atoms with Crippen LogP contribution in [0.4, 0.5) is 0 Å². The quantitative estimate of drug-likeness (QED) is 0.808. The van der Waals surface area contributed by atoms with Gasteiger partial charge in [0.1, 0.15) is 5.65 Å². The van der Waals surface area contributed by atoms with Gasteiger partial charge in [-0.2, -0.15) is 11.8 Å². The fraction of sp³-hybridized carbons (Fsp3) is 0.417. The summed E-state index contributed by atoms with van der Waals surface area (Å²) in [6, 6.07) is 4.15. The van der Waals surface area contributed by atoms with E-state index < -0.39 is 0 Å². The molecule has 0 radical (unpaired) electrons. The van der Waals surface area contributed by atoms with Crippen LogP contribution in [0.5, 0.6) is 0 Å². The van der Waals surface area contributed by atoms with Crippen molar-refractivity contribution >= 4 is 17.4 Å². The van der Waals surface area contributed by atoms with E-state index in [2.05, 4.69) is 40.8 Å². The smallest absolute Gasteiger partial charge is 0.137 e. The summed E-state index contributed by atoms with van der Waals surface area (Å²) in [6.07, 6.45) is 5.30. The van der Waals surface area contributed by atoms with Crippen LogP contribution in [0, 0.1) is 6.92 Å². The van der Waals surface area contributed by atoms with E-state index in [9.17, 15) is 0 Å². The van der Waals surface area contributed by atoms with Gasteiger partial charge in [-0.15, -0.1) is 0 Å². The Balaban J connectivity index is 2.02. The molecule has 0 spiro atoms. The van der Waals surface area contributed by atoms with Crippen molar-refractivity contribution < 1.29 is 0 Å². The van der Waals surface area contributed by atoms with Crippen LogP contribution in [-0.2, 0) is 5.75 Å². The molecular formula is C12H17N3S. The van der Waals surface area contributed by atoms with Crippen LogP contribution in [0.1, 0.15) is 17.7 Å². The average Bonchev–Trinajstić information content (AvgIpc) is 2.66. The van der Waals surface area contributed by atoms with Crippen molar-refractivity contribution in [2.24, 2.45) is 5.73 Å². The third-order valence-corrected chi connectivity index (χ3v) is 3.47. The second kappa shape index (κ2) is 5.37. The largest absolute Gasteiger partial charge is 0.330 e. The Hall–Kier alpha value is -1.00. The van der Waals surface area contributed by atoms with Gasteiger partial charge in [0.05, 0.1) is 5.69 Å². The van der Waals surface area contributed by atoms with Gasteiger partial charge in [-0.3, -0.25) is 0 Å². The predicted molar refractivity (Wildman–Crippen MR) is 69.8 cm³/mol. The summed E-state index contributed by atoms with van der Waals surface area (Å²) in [5.41, 5.74) is 8.88. The molecule has 0 aliphatic heterocycles. The predicted octanol–water partition coefficient (Wildman–Crippen LogP) is 2.22. The molecule has 4 heteroatoms. The number of nitrogens with zero attached hydrogens (tertiary/aromatic N) is 2. The lowest BCUT2D eigenvalue weighted by atomic mass is 10.3. The van der Waals surface area contributed by atoms with Gasteiger partial charge in [0, 0.05) is 18.1 Å². The van der Waals surface area contributed by atoms with Gasteiger partial charge in [0.25, 0.3) is 0 Å². The maximum absolute atomic E-state index is 5.45. The third-order valence-electron chi connectivity index (χ3n) is 2.39. The number of thioether (sulfide) groups is 1. The number of hydrogen-bond donors (Lipinski definition) is 1. The summed E-state index contributed by atoms with van der Waals surface area (Å²) >= 11 is 1.89. The van der Waals surface area contributed by atoms with Crippen molar-refractivity contribution in [3.63, 3.8) is 0 Å². The van der Waals surface area contributed by atoms with Crippen LogP contribution in [0.15, 0.2) is 24.5 Å². The van der Waals surface area contributed by atoms with E-state index in [1.54, 1.807) is 0 Å². The first-order chi connectivity index (χ1) is 7.79. The fourth-order valence-electron chi connectivity index (χ4n) is 1.59. The van der Waals surface area contributed by atoms with Gasteiger partial charge >= 0.3 is 0 Å². The molecule has 0 saturated heterocycles. The van der Waals surface area contributed by atoms with E-state index in [-0.39, 0.29) is 0 Å². The first-order valence-corrected chi connectivity index (χ1v) is 6.67. The standard InChI is InChI=1S/C12H17N3S/c1-10-3-4-12-14-11(8-15(12)7-10)9-16-6-2-5-13/h3-4,7-8H,2,5-6,9,13H2,1H3. The number of imidazole rings is 1. The molecule has 0 bridgehead atoms. The van der Waals surface area contributed by atoms with Crippen molar-refractivity contribution in [3.05, 3.63) is 35.8 Å². The molecule has 0 aromatic carbocycles. The molecule has 16 heavy (non-hydrogen) atoms. The second-order valence-corrected chi connectivity index (χ2v) is 5.00. The lowest BCUT2D eigenvalue weighted by molar-refractivity contribution is 0.942. The highest BCUT2D eigenvalue weighted by atomic mass is 32.2. The van der Waals surface area contributed by atoms with E-state index in [1.807, 2.05) is 11.8 Å². The van der Waals surface area contributed by atoms with Crippen molar-refractivity contribution in [2.75, 3.05) is 12.3 Å². The summed E-state index contributed by atoms with van der Waals surface area (Å²) < 4.78 is 2.09. The Morgan fingerprint density at radius 1 is 1.38 bits per heavy atom. The van der Waals surface area contributed by atoms with Crippen LogP contribution in [0.25, 0.3) is 5.65 Å². The molecule has 2 aromatic rings. The number of aromatic nitrogens is 2. The molecule has 2 heterocycles. The Morgan fingerprint density at radius 2 is 2.25 bits per heavy atom. The van der Waals surface area contributed by atoms with Gasteiger partial charge in [-0.1, -0.05) is 6.07 Å². The first-order valence-electron chi connectivity index (χ1n) is 5.51. The molecule has 0 atom stereocenters. The molecule has 0 amide bonds. The van der Waals surface area contributed by atoms with Crippen LogP contribution >= 0.6 is 11.8 Å². The van der Waals surface area contributed by atoms with Gasteiger partial charge in [0.15, 0.2) is 0 Å². The zero-order valence-electron chi connectivity index (χ0n) is 9.52. The number of hydrogen-bond acceptors (Lipinski definition) is 3. The lowest BCUT2D eigenvalue weighted by Crippen LogP contribution is -1.99. The molecule has 0 fully saturated rings. The molecule has 86 valence electrons. The van der Waals surface area contributed by atoms with Gasteiger partial charge in [-0.25, -0.2) is 4.98 Å². The topological polar surface area (TPSA) is 43.3 Å². The maximum atomic E-state index is 5.45. The number of fused-ring (bicyclic) bond motifs is 1. The van der Waals surface area contributed by atoms with E-state index in [1.165, 1.54) is 5.56 Å². The third kappa shape index (κ3) is 2.77. The average molecular weight is 235 g/mol. The number of rotatable bonds is 5. The highest BCUT2D eigenvalue weighted by Gasteiger charge is 2.01. The highest BCUT2D eigenvalue weighted by molar-refractivity contribution is 7.98. The Labute approximate surface area is 100 Å². The Morgan fingerprint density at radius 3 is 3.06 bits per heavy atom. The minimum absolute atomic E-state index is 0.775. The molecule has 2 N–H and O–H groups in total. The minimum Gasteiger partial charge on any atom is -0.330 e. The van der Waals surface area contributed by atoms with Crippen molar-refractivity contribution in [1.82, 2.24) is 9.38 Å². The SMILES string of the molecule is Cc1ccc2nc(CSCCCN)cn2c1. The van der Waals surface area contributed by atoms with Crippen LogP contribution in [0.3, 0.4) is 0 Å². The Kier molecular flexibility index (Phi) is 3.85. The lowest BCUT2D eigenvalue weighted by Gasteiger charge is -1.95. The monoisotopic (exact) mass is 235 g/mol. The molecule has 0 aliphatic rings. The first kappa shape index (κ1) is 11.5. The molecule has 2 rings (SSSR count). The van der Waals surface area contributed by atoms with Crippen molar-refractivity contribution in [1.29, 1.82) is 0 Å². The van der Waals surface area contributed by atoms with E-state index in [4.69, 9.17) is 5.73 Å². The van der Waals surface area contributed by atoms with Crippen LogP contribution < -0.4 is 5.73 Å². The number of aryl methyl sites for hydroxylation is 1. The van der Waals surface area contributed by atoms with Crippen molar-refractivity contribution in [2.45, 2.75) is 19.1 Å². The molecule has 0 unspecified atom stereocenters. The summed E-state index contributed by atoms with van der Waals surface area (Å²) in [5, 5.41) is 0. The zero-order chi connectivity index (χ0) is 11.4. The summed E-state index contributed by atoms with van der Waals surface area (Å²) in [7, 11) is 0. The van der Waals surface area contributed by atoms with Gasteiger partial charge in [-0.05, 0) is 37.3 Å². The van der Waals surface area contributed by atoms with E-state index in [0.717, 1.165) is 35.8 Å². The molecule has 0 saturated carbocycles. The molecular weight excluding hydrogens is 218 g/mol. The van der Waals surface area contributed by atoms with Crippen molar-refractivity contribution in [3.8, 4) is 0 Å². The summed E-state index contributed by atoms with van der Waals surface area (Å²) in [4.78, 5) is 4.56. The second-order valence-electron chi connectivity index (χ2n) is 3.90. The van der Waals surface area contributed by atoms with Gasteiger partial charge < -0.3 is 10.1 Å². The summed E-state index contributed by atoms with van der Waals surface area (Å²) in [6.45, 7) is 2.87. The zero-order valence-corrected chi connectivity index (χ0v) is 10.3. The summed E-state index contributed by atoms with van der Waals surface area (Å²) in [5.74, 6) is 2.09. The Bertz CT molecular complexity index is 464. The van der Waals surface area contributed by atoms with Gasteiger partial charge in [0.2, 0.25) is 0 Å². The highest BCUT2D eigenvalue weighted by Crippen LogP contribution is 2.14. The normalized spacial score (nSPS) is 11.1. The molecule has 0 aliphatic carbocycles. The van der Waals surface area contributed by atoms with E-state index >= 15 is 0 Å². The minimum atomic E-state index is 0.775. The van der Waals surface area contributed by atoms with Crippen LogP contribution in [-0.4, -0.2) is 21.7 Å². The fourth-order valence-corrected chi connectivity index (χ4v) is 2.45. The van der Waals surface area contributed by atoms with Crippen LogP contribution in [0.2, 0.25) is 0 Å².